The fourth-order valence-corrected chi connectivity index (χ4v) is 3.22. The van der Waals surface area contributed by atoms with Crippen LogP contribution in [0.2, 0.25) is 0 Å². The third-order valence-corrected chi connectivity index (χ3v) is 4.45. The van der Waals surface area contributed by atoms with E-state index in [9.17, 15) is 9.59 Å². The summed E-state index contributed by atoms with van der Waals surface area (Å²) in [5.74, 6) is -0.313. The second kappa shape index (κ2) is 5.95. The van der Waals surface area contributed by atoms with Crippen molar-refractivity contribution in [2.24, 2.45) is 0 Å². The van der Waals surface area contributed by atoms with Gasteiger partial charge in [-0.05, 0) is 31.6 Å². The molecule has 5 nitrogen and oxygen atoms in total. The Balaban J connectivity index is 1.66. The first-order chi connectivity index (χ1) is 10.2. The van der Waals surface area contributed by atoms with E-state index >= 15 is 0 Å². The van der Waals surface area contributed by atoms with E-state index in [1.165, 1.54) is 4.90 Å². The Morgan fingerprint density at radius 3 is 2.43 bits per heavy atom. The van der Waals surface area contributed by atoms with Gasteiger partial charge in [-0.1, -0.05) is 19.1 Å². The number of nitrogens with one attached hydrogen (secondary N) is 1. The summed E-state index contributed by atoms with van der Waals surface area (Å²) in [7, 11) is 0. The lowest BCUT2D eigenvalue weighted by Gasteiger charge is -2.28. The third kappa shape index (κ3) is 2.59. The number of benzene rings is 1. The number of carbonyl (C=O) groups excluding carboxylic acids is 2. The van der Waals surface area contributed by atoms with Gasteiger partial charge in [0.05, 0.1) is 11.1 Å². The number of rotatable bonds is 5. The second-order valence-corrected chi connectivity index (χ2v) is 5.58. The summed E-state index contributed by atoms with van der Waals surface area (Å²) in [6.45, 7) is 6.32. The normalized spacial score (nSPS) is 21.4. The van der Waals surface area contributed by atoms with Crippen molar-refractivity contribution >= 4 is 11.8 Å². The van der Waals surface area contributed by atoms with E-state index in [1.54, 1.807) is 24.3 Å². The molecule has 0 saturated carbocycles. The maximum Gasteiger partial charge on any atom is 0.261 e. The highest BCUT2D eigenvalue weighted by molar-refractivity contribution is 6.21. The topological polar surface area (TPSA) is 52.7 Å². The third-order valence-electron chi connectivity index (χ3n) is 4.45. The molecule has 0 bridgehead atoms. The molecule has 2 heterocycles. The molecule has 0 aliphatic carbocycles. The molecule has 2 aliphatic heterocycles. The van der Waals surface area contributed by atoms with Crippen LogP contribution in [-0.4, -0.2) is 60.4 Å². The fraction of sp³-hybridized carbons (Fsp3) is 0.500. The summed E-state index contributed by atoms with van der Waals surface area (Å²) in [5.41, 5.74) is 1.07. The molecule has 1 N–H and O–H groups in total. The molecule has 1 fully saturated rings. The molecule has 0 radical (unpaired) electrons. The predicted octanol–water partition coefficient (Wildman–Crippen LogP) is 0.966. The molecule has 5 heteroatoms. The van der Waals surface area contributed by atoms with Crippen LogP contribution in [0.15, 0.2) is 24.3 Å². The summed E-state index contributed by atoms with van der Waals surface area (Å²) in [6.07, 6.45) is 1.13. The first-order valence-corrected chi connectivity index (χ1v) is 7.62. The van der Waals surface area contributed by atoms with Crippen LogP contribution in [0.5, 0.6) is 0 Å². The Bertz CT molecular complexity index is 517. The summed E-state index contributed by atoms with van der Waals surface area (Å²) in [5, 5.41) is 3.36. The predicted molar refractivity (Wildman–Crippen MR) is 80.3 cm³/mol. The van der Waals surface area contributed by atoms with Crippen LogP contribution in [0.1, 0.15) is 34.1 Å². The SMILES string of the molecule is CCN(CCN1C(=O)c2ccccc2C1=O)C1CCNC1. The molecule has 1 atom stereocenters. The number of carbonyl (C=O) groups is 2. The van der Waals surface area contributed by atoms with Gasteiger partial charge in [-0.3, -0.25) is 19.4 Å². The van der Waals surface area contributed by atoms with Crippen molar-refractivity contribution in [2.75, 3.05) is 32.7 Å². The average molecular weight is 287 g/mol. The van der Waals surface area contributed by atoms with E-state index < -0.39 is 0 Å². The Morgan fingerprint density at radius 1 is 1.24 bits per heavy atom. The summed E-state index contributed by atoms with van der Waals surface area (Å²) < 4.78 is 0. The van der Waals surface area contributed by atoms with Crippen molar-refractivity contribution in [2.45, 2.75) is 19.4 Å². The number of nitrogens with zero attached hydrogens (tertiary/aromatic N) is 2. The van der Waals surface area contributed by atoms with Crippen LogP contribution in [0.4, 0.5) is 0 Å². The van der Waals surface area contributed by atoms with Gasteiger partial charge in [0.15, 0.2) is 0 Å². The number of imide groups is 1. The van der Waals surface area contributed by atoms with E-state index in [0.29, 0.717) is 23.7 Å². The number of likely N-dealkylation sites (N-methyl/N-ethyl adjacent to an activating group) is 1. The zero-order valence-corrected chi connectivity index (χ0v) is 12.3. The van der Waals surface area contributed by atoms with Gasteiger partial charge >= 0.3 is 0 Å². The highest BCUT2D eigenvalue weighted by Crippen LogP contribution is 2.22. The van der Waals surface area contributed by atoms with Gasteiger partial charge in [-0.15, -0.1) is 0 Å². The van der Waals surface area contributed by atoms with Crippen LogP contribution < -0.4 is 5.32 Å². The molecule has 21 heavy (non-hydrogen) atoms. The van der Waals surface area contributed by atoms with Gasteiger partial charge in [0.1, 0.15) is 0 Å². The molecule has 2 aliphatic rings. The maximum atomic E-state index is 12.3. The number of hydrogen-bond acceptors (Lipinski definition) is 4. The molecule has 1 saturated heterocycles. The van der Waals surface area contributed by atoms with Crippen LogP contribution in [0, 0.1) is 0 Å². The number of amides is 2. The van der Waals surface area contributed by atoms with Crippen molar-refractivity contribution in [3.8, 4) is 0 Å². The quantitative estimate of drug-likeness (QED) is 0.820. The summed E-state index contributed by atoms with van der Waals surface area (Å²) >= 11 is 0. The minimum absolute atomic E-state index is 0.156. The van der Waals surface area contributed by atoms with E-state index in [2.05, 4.69) is 17.1 Å². The van der Waals surface area contributed by atoms with Crippen LogP contribution in [0.25, 0.3) is 0 Å². The fourth-order valence-electron chi connectivity index (χ4n) is 3.22. The molecule has 0 spiro atoms. The van der Waals surface area contributed by atoms with Gasteiger partial charge in [0, 0.05) is 25.7 Å². The molecule has 2 amide bonds. The zero-order valence-electron chi connectivity index (χ0n) is 12.3. The first kappa shape index (κ1) is 14.2. The smallest absolute Gasteiger partial charge is 0.261 e. The largest absolute Gasteiger partial charge is 0.315 e. The lowest BCUT2D eigenvalue weighted by molar-refractivity contribution is 0.0627. The highest BCUT2D eigenvalue weighted by Gasteiger charge is 2.35. The minimum atomic E-state index is -0.156. The van der Waals surface area contributed by atoms with Gasteiger partial charge in [0.2, 0.25) is 0 Å². The van der Waals surface area contributed by atoms with Gasteiger partial charge in [0.25, 0.3) is 11.8 Å². The van der Waals surface area contributed by atoms with Crippen LogP contribution >= 0.6 is 0 Å². The van der Waals surface area contributed by atoms with Crippen molar-refractivity contribution in [3.63, 3.8) is 0 Å². The molecule has 112 valence electrons. The molecule has 3 rings (SSSR count). The lowest BCUT2D eigenvalue weighted by Crippen LogP contribution is -2.43. The Morgan fingerprint density at radius 2 is 1.90 bits per heavy atom. The monoisotopic (exact) mass is 287 g/mol. The van der Waals surface area contributed by atoms with Crippen LogP contribution in [0.3, 0.4) is 0 Å². The molecule has 1 aromatic carbocycles. The number of hydrogen-bond donors (Lipinski definition) is 1. The van der Waals surface area contributed by atoms with E-state index in [4.69, 9.17) is 0 Å². The first-order valence-electron chi connectivity index (χ1n) is 7.62. The molecule has 1 unspecified atom stereocenters. The average Bonchev–Trinajstić information content (AvgIpc) is 3.11. The molecule has 1 aromatic rings. The lowest BCUT2D eigenvalue weighted by atomic mass is 10.1. The highest BCUT2D eigenvalue weighted by atomic mass is 16.2. The van der Waals surface area contributed by atoms with E-state index in [1.807, 2.05) is 0 Å². The minimum Gasteiger partial charge on any atom is -0.315 e. The zero-order chi connectivity index (χ0) is 14.8. The maximum absolute atomic E-state index is 12.3. The second-order valence-electron chi connectivity index (χ2n) is 5.58. The van der Waals surface area contributed by atoms with E-state index in [0.717, 1.165) is 32.6 Å². The summed E-state index contributed by atoms with van der Waals surface area (Å²) in [4.78, 5) is 28.3. The van der Waals surface area contributed by atoms with Gasteiger partial charge < -0.3 is 5.32 Å². The van der Waals surface area contributed by atoms with Gasteiger partial charge in [-0.2, -0.15) is 0 Å². The Hall–Kier alpha value is -1.72. The van der Waals surface area contributed by atoms with Crippen molar-refractivity contribution in [1.29, 1.82) is 0 Å². The van der Waals surface area contributed by atoms with Crippen molar-refractivity contribution in [3.05, 3.63) is 35.4 Å². The Kier molecular flexibility index (Phi) is 4.03. The van der Waals surface area contributed by atoms with Gasteiger partial charge in [-0.25, -0.2) is 0 Å². The van der Waals surface area contributed by atoms with Crippen molar-refractivity contribution in [1.82, 2.24) is 15.1 Å². The standard InChI is InChI=1S/C16H21N3O2/c1-2-18(12-7-8-17-11-12)9-10-19-15(20)13-5-3-4-6-14(13)16(19)21/h3-6,12,17H,2,7-11H2,1H3. The molecule has 0 aromatic heterocycles. The van der Waals surface area contributed by atoms with Crippen LogP contribution in [-0.2, 0) is 0 Å². The Labute approximate surface area is 124 Å². The number of fused-ring (bicyclic) bond motifs is 1. The molecular weight excluding hydrogens is 266 g/mol. The molecular formula is C16H21N3O2. The summed E-state index contributed by atoms with van der Waals surface area (Å²) in [6, 6.07) is 7.58. The van der Waals surface area contributed by atoms with Crippen molar-refractivity contribution < 1.29 is 9.59 Å². The van der Waals surface area contributed by atoms with E-state index in [-0.39, 0.29) is 11.8 Å².